The third kappa shape index (κ3) is 1.90. The molecule has 0 saturated heterocycles. The van der Waals surface area contributed by atoms with E-state index in [-0.39, 0.29) is 11.6 Å². The number of benzene rings is 1. The van der Waals surface area contributed by atoms with Gasteiger partial charge in [0.15, 0.2) is 0 Å². The molecular formula is C14H21NO3. The molecular weight excluding hydrogens is 230 g/mol. The van der Waals surface area contributed by atoms with Crippen LogP contribution in [-0.4, -0.2) is 19.8 Å². The van der Waals surface area contributed by atoms with Crippen molar-refractivity contribution in [3.8, 4) is 11.5 Å². The fraction of sp³-hybridized carbons (Fsp3) is 0.571. The van der Waals surface area contributed by atoms with Gasteiger partial charge in [-0.15, -0.1) is 0 Å². The molecule has 4 heteroatoms. The van der Waals surface area contributed by atoms with E-state index in [2.05, 4.69) is 20.8 Å². The van der Waals surface area contributed by atoms with Gasteiger partial charge in [-0.1, -0.05) is 0 Å². The molecule has 0 amide bonds. The number of nitrogens with zero attached hydrogens (tertiary/aromatic N) is 1. The number of anilines is 1. The number of hydrogen-bond acceptors (Lipinski definition) is 4. The fourth-order valence-corrected chi connectivity index (χ4v) is 2.27. The van der Waals surface area contributed by atoms with Crippen LogP contribution < -0.4 is 14.5 Å². The zero-order valence-electron chi connectivity index (χ0n) is 11.9. The smallest absolute Gasteiger partial charge is 0.145 e. The molecule has 0 N–H and O–H groups in total. The summed E-state index contributed by atoms with van der Waals surface area (Å²) >= 11 is 0. The summed E-state index contributed by atoms with van der Waals surface area (Å²) in [5.74, 6) is 1.65. The molecule has 1 aromatic rings. The molecule has 1 heterocycles. The van der Waals surface area contributed by atoms with E-state index in [9.17, 15) is 0 Å². The quantitative estimate of drug-likeness (QED) is 0.807. The minimum absolute atomic E-state index is 0.0377. The van der Waals surface area contributed by atoms with Gasteiger partial charge in [-0.25, -0.2) is 5.06 Å². The molecule has 0 saturated carbocycles. The Bertz CT molecular complexity index is 451. The first-order chi connectivity index (χ1) is 8.40. The lowest BCUT2D eigenvalue weighted by molar-refractivity contribution is 0.0315. The Morgan fingerprint density at radius 3 is 2.17 bits per heavy atom. The number of rotatable bonds is 2. The van der Waals surface area contributed by atoms with Gasteiger partial charge in [0, 0.05) is 0 Å². The van der Waals surface area contributed by atoms with Crippen LogP contribution in [0, 0.1) is 0 Å². The van der Waals surface area contributed by atoms with Gasteiger partial charge in [0.25, 0.3) is 0 Å². The second-order valence-corrected chi connectivity index (χ2v) is 5.45. The van der Waals surface area contributed by atoms with Crippen molar-refractivity contribution in [2.45, 2.75) is 39.3 Å². The minimum atomic E-state index is -0.140. The van der Waals surface area contributed by atoms with Gasteiger partial charge in [-0.3, -0.25) is 4.84 Å². The Morgan fingerprint density at radius 2 is 1.67 bits per heavy atom. The summed E-state index contributed by atoms with van der Waals surface area (Å²) in [6.45, 7) is 8.34. The molecule has 100 valence electrons. The highest BCUT2D eigenvalue weighted by Gasteiger charge is 2.38. The molecule has 18 heavy (non-hydrogen) atoms. The van der Waals surface area contributed by atoms with E-state index in [1.807, 2.05) is 24.1 Å². The van der Waals surface area contributed by atoms with E-state index in [0.29, 0.717) is 0 Å². The van der Waals surface area contributed by atoms with E-state index >= 15 is 0 Å². The van der Waals surface area contributed by atoms with Crippen molar-refractivity contribution in [3.63, 3.8) is 0 Å². The van der Waals surface area contributed by atoms with E-state index in [4.69, 9.17) is 14.3 Å². The molecule has 1 unspecified atom stereocenters. The third-order valence-electron chi connectivity index (χ3n) is 3.06. The van der Waals surface area contributed by atoms with Crippen LogP contribution in [0.15, 0.2) is 12.1 Å². The standard InChI is InChI=1S/C14H21NO3/c1-9-12-10(16-5)7-8-11(17-6)13(12)15(18-9)14(2,3)4/h7-9H,1-6H3. The number of hydroxylamine groups is 1. The van der Waals surface area contributed by atoms with Crippen LogP contribution in [-0.2, 0) is 4.84 Å². The molecule has 2 rings (SSSR count). The second kappa shape index (κ2) is 4.35. The third-order valence-corrected chi connectivity index (χ3v) is 3.06. The first-order valence-corrected chi connectivity index (χ1v) is 6.12. The molecule has 0 aromatic heterocycles. The summed E-state index contributed by atoms with van der Waals surface area (Å²) in [7, 11) is 3.35. The van der Waals surface area contributed by atoms with Gasteiger partial charge >= 0.3 is 0 Å². The largest absolute Gasteiger partial charge is 0.496 e. The predicted molar refractivity (Wildman–Crippen MR) is 71.3 cm³/mol. The monoisotopic (exact) mass is 251 g/mol. The summed E-state index contributed by atoms with van der Waals surface area (Å²) in [6.07, 6.45) is -0.0377. The van der Waals surface area contributed by atoms with Gasteiger partial charge < -0.3 is 9.47 Å². The van der Waals surface area contributed by atoms with Crippen LogP contribution >= 0.6 is 0 Å². The second-order valence-electron chi connectivity index (χ2n) is 5.45. The first kappa shape index (κ1) is 13.0. The van der Waals surface area contributed by atoms with Gasteiger partial charge in [0.2, 0.25) is 0 Å². The lowest BCUT2D eigenvalue weighted by atomic mass is 10.0. The van der Waals surface area contributed by atoms with Crippen molar-refractivity contribution in [2.24, 2.45) is 0 Å². The van der Waals surface area contributed by atoms with Crippen molar-refractivity contribution in [3.05, 3.63) is 17.7 Å². The topological polar surface area (TPSA) is 30.9 Å². The fourth-order valence-electron chi connectivity index (χ4n) is 2.27. The van der Waals surface area contributed by atoms with E-state index in [1.54, 1.807) is 14.2 Å². The SMILES string of the molecule is COc1ccc(OC)c2c1C(C)ON2C(C)(C)C. The van der Waals surface area contributed by atoms with Crippen molar-refractivity contribution in [1.29, 1.82) is 0 Å². The highest BCUT2D eigenvalue weighted by Crippen LogP contribution is 2.50. The van der Waals surface area contributed by atoms with Crippen LogP contribution in [0.1, 0.15) is 39.4 Å². The average molecular weight is 251 g/mol. The number of ether oxygens (including phenoxy) is 2. The van der Waals surface area contributed by atoms with Gasteiger partial charge in [0.05, 0.1) is 25.3 Å². The van der Waals surface area contributed by atoms with Crippen molar-refractivity contribution < 1.29 is 14.3 Å². The Labute approximate surface area is 108 Å². The maximum Gasteiger partial charge on any atom is 0.145 e. The molecule has 4 nitrogen and oxygen atoms in total. The predicted octanol–water partition coefficient (Wildman–Crippen LogP) is 3.31. The number of hydrogen-bond donors (Lipinski definition) is 0. The van der Waals surface area contributed by atoms with Gasteiger partial charge in [0.1, 0.15) is 23.3 Å². The van der Waals surface area contributed by atoms with Gasteiger partial charge in [-0.2, -0.15) is 0 Å². The van der Waals surface area contributed by atoms with Crippen LogP contribution in [0.3, 0.4) is 0 Å². The highest BCUT2D eigenvalue weighted by atomic mass is 16.7. The summed E-state index contributed by atoms with van der Waals surface area (Å²) in [6, 6.07) is 3.83. The Balaban J connectivity index is 2.63. The summed E-state index contributed by atoms with van der Waals surface area (Å²) in [5.41, 5.74) is 1.88. The van der Waals surface area contributed by atoms with Gasteiger partial charge in [-0.05, 0) is 39.8 Å². The van der Waals surface area contributed by atoms with Crippen LogP contribution in [0.2, 0.25) is 0 Å². The van der Waals surface area contributed by atoms with E-state index < -0.39 is 0 Å². The molecule has 0 bridgehead atoms. The molecule has 1 aliphatic rings. The van der Waals surface area contributed by atoms with E-state index in [1.165, 1.54) is 0 Å². The van der Waals surface area contributed by atoms with Crippen LogP contribution in [0.25, 0.3) is 0 Å². The molecule has 1 aliphatic heterocycles. The molecule has 1 aromatic carbocycles. The van der Waals surface area contributed by atoms with Crippen LogP contribution in [0.5, 0.6) is 11.5 Å². The van der Waals surface area contributed by atoms with Crippen LogP contribution in [0.4, 0.5) is 5.69 Å². The molecule has 0 aliphatic carbocycles. The summed E-state index contributed by atoms with van der Waals surface area (Å²) in [4.78, 5) is 5.95. The Morgan fingerprint density at radius 1 is 1.11 bits per heavy atom. The number of fused-ring (bicyclic) bond motifs is 1. The molecule has 0 fully saturated rings. The highest BCUT2D eigenvalue weighted by molar-refractivity contribution is 5.70. The Hall–Kier alpha value is -1.42. The number of methoxy groups -OCH3 is 2. The molecule has 1 atom stereocenters. The van der Waals surface area contributed by atoms with Crippen molar-refractivity contribution in [2.75, 3.05) is 19.3 Å². The minimum Gasteiger partial charge on any atom is -0.496 e. The average Bonchev–Trinajstić information content (AvgIpc) is 2.66. The normalized spacial score (nSPS) is 18.8. The first-order valence-electron chi connectivity index (χ1n) is 6.12. The zero-order valence-corrected chi connectivity index (χ0v) is 11.9. The van der Waals surface area contributed by atoms with Crippen molar-refractivity contribution >= 4 is 5.69 Å². The maximum absolute atomic E-state index is 5.95. The lowest BCUT2D eigenvalue weighted by Gasteiger charge is -2.33. The summed E-state index contributed by atoms with van der Waals surface area (Å²) < 4.78 is 10.9. The molecule has 0 spiro atoms. The summed E-state index contributed by atoms with van der Waals surface area (Å²) in [5, 5.41) is 1.91. The maximum atomic E-state index is 5.95. The lowest BCUT2D eigenvalue weighted by Crippen LogP contribution is -2.39. The molecule has 0 radical (unpaired) electrons. The zero-order chi connectivity index (χ0) is 13.5. The van der Waals surface area contributed by atoms with E-state index in [0.717, 1.165) is 22.7 Å². The Kier molecular flexibility index (Phi) is 3.15. The van der Waals surface area contributed by atoms with Crippen molar-refractivity contribution in [1.82, 2.24) is 0 Å².